The summed E-state index contributed by atoms with van der Waals surface area (Å²) in [5, 5.41) is 0. The number of aryl methyl sites for hydroxylation is 1. The van der Waals surface area contributed by atoms with Crippen LogP contribution in [0.3, 0.4) is 0 Å². The quantitative estimate of drug-likeness (QED) is 0.729. The fraction of sp³-hybridized carbons (Fsp3) is 0.111. The number of sulfone groups is 1. The van der Waals surface area contributed by atoms with Crippen LogP contribution in [0.5, 0.6) is 0 Å². The third-order valence-corrected chi connectivity index (χ3v) is 4.68. The molecule has 0 aliphatic rings. The molecule has 0 aliphatic carbocycles. The van der Waals surface area contributed by atoms with Crippen LogP contribution in [0, 0.1) is 12.7 Å². The Morgan fingerprint density at radius 1 is 0.958 bits per heavy atom. The van der Waals surface area contributed by atoms with Crippen LogP contribution in [-0.2, 0) is 9.84 Å². The molecular formula is C18H15FN2O2S. The van der Waals surface area contributed by atoms with E-state index in [9.17, 15) is 12.8 Å². The Hall–Kier alpha value is -2.60. The van der Waals surface area contributed by atoms with Gasteiger partial charge in [-0.25, -0.2) is 17.8 Å². The van der Waals surface area contributed by atoms with Gasteiger partial charge in [-0.3, -0.25) is 4.98 Å². The summed E-state index contributed by atoms with van der Waals surface area (Å²) in [7, 11) is -3.26. The summed E-state index contributed by atoms with van der Waals surface area (Å²) in [6.07, 6.45) is 2.78. The predicted molar refractivity (Wildman–Crippen MR) is 90.7 cm³/mol. The van der Waals surface area contributed by atoms with E-state index in [1.54, 1.807) is 30.5 Å². The fourth-order valence-electron chi connectivity index (χ4n) is 2.39. The van der Waals surface area contributed by atoms with Crippen molar-refractivity contribution in [3.63, 3.8) is 0 Å². The van der Waals surface area contributed by atoms with Gasteiger partial charge in [0, 0.05) is 23.6 Å². The Morgan fingerprint density at radius 2 is 1.67 bits per heavy atom. The molecule has 1 aromatic heterocycles. The van der Waals surface area contributed by atoms with Gasteiger partial charge in [0.1, 0.15) is 5.82 Å². The van der Waals surface area contributed by atoms with Crippen LogP contribution in [-0.4, -0.2) is 24.6 Å². The number of aromatic nitrogens is 2. The van der Waals surface area contributed by atoms with Gasteiger partial charge in [0.15, 0.2) is 9.84 Å². The van der Waals surface area contributed by atoms with E-state index in [0.717, 1.165) is 17.5 Å². The van der Waals surface area contributed by atoms with Crippen molar-refractivity contribution in [3.05, 3.63) is 66.2 Å². The lowest BCUT2D eigenvalue weighted by atomic mass is 10.0. The lowest BCUT2D eigenvalue weighted by Gasteiger charge is -2.10. The van der Waals surface area contributed by atoms with Gasteiger partial charge in [0.2, 0.25) is 0 Å². The van der Waals surface area contributed by atoms with Crippen molar-refractivity contribution in [1.82, 2.24) is 9.97 Å². The lowest BCUT2D eigenvalue weighted by Crippen LogP contribution is -1.98. The summed E-state index contributed by atoms with van der Waals surface area (Å²) >= 11 is 0. The van der Waals surface area contributed by atoms with E-state index in [-0.39, 0.29) is 10.7 Å². The van der Waals surface area contributed by atoms with Gasteiger partial charge in [0.05, 0.1) is 22.0 Å². The molecule has 0 aliphatic heterocycles. The summed E-state index contributed by atoms with van der Waals surface area (Å²) in [5.41, 5.74) is 3.19. The number of hydrogen-bond donors (Lipinski definition) is 0. The molecule has 0 amide bonds. The average molecular weight is 342 g/mol. The largest absolute Gasteiger partial charge is 0.252 e. The van der Waals surface area contributed by atoms with E-state index in [2.05, 4.69) is 9.97 Å². The molecule has 0 radical (unpaired) electrons. The number of hydrogen-bond acceptors (Lipinski definition) is 4. The zero-order valence-corrected chi connectivity index (χ0v) is 14.0. The maximum atomic E-state index is 13.5. The Balaban J connectivity index is 2.16. The molecule has 3 rings (SSSR count). The monoisotopic (exact) mass is 342 g/mol. The number of rotatable bonds is 3. The molecule has 4 nitrogen and oxygen atoms in total. The summed E-state index contributed by atoms with van der Waals surface area (Å²) in [5.74, 6) is -0.353. The molecule has 2 aromatic carbocycles. The molecule has 1 heterocycles. The molecule has 0 saturated heterocycles. The first-order valence-corrected chi connectivity index (χ1v) is 9.14. The van der Waals surface area contributed by atoms with Crippen molar-refractivity contribution in [2.75, 3.05) is 6.26 Å². The van der Waals surface area contributed by atoms with Crippen LogP contribution in [0.15, 0.2) is 59.6 Å². The van der Waals surface area contributed by atoms with Crippen molar-refractivity contribution in [2.45, 2.75) is 11.8 Å². The van der Waals surface area contributed by atoms with Crippen LogP contribution in [0.1, 0.15) is 5.69 Å². The molecule has 0 unspecified atom stereocenters. The Labute approximate surface area is 140 Å². The van der Waals surface area contributed by atoms with Crippen LogP contribution < -0.4 is 0 Å². The highest BCUT2D eigenvalue weighted by molar-refractivity contribution is 7.90. The first kappa shape index (κ1) is 16.3. The third-order valence-electron chi connectivity index (χ3n) is 3.55. The first-order valence-electron chi connectivity index (χ1n) is 7.25. The highest BCUT2D eigenvalue weighted by Crippen LogP contribution is 2.29. The maximum Gasteiger partial charge on any atom is 0.175 e. The first-order chi connectivity index (χ1) is 11.3. The van der Waals surface area contributed by atoms with Gasteiger partial charge in [0.25, 0.3) is 0 Å². The second-order valence-corrected chi connectivity index (χ2v) is 7.53. The van der Waals surface area contributed by atoms with Crippen molar-refractivity contribution >= 4 is 9.84 Å². The summed E-state index contributed by atoms with van der Waals surface area (Å²) in [4.78, 5) is 9.13. The van der Waals surface area contributed by atoms with E-state index in [0.29, 0.717) is 17.0 Å². The minimum atomic E-state index is -3.26. The molecular weight excluding hydrogens is 327 g/mol. The van der Waals surface area contributed by atoms with Crippen LogP contribution in [0.2, 0.25) is 0 Å². The van der Waals surface area contributed by atoms with Crippen LogP contribution in [0.25, 0.3) is 22.5 Å². The second-order valence-electron chi connectivity index (χ2n) is 5.52. The zero-order valence-electron chi connectivity index (χ0n) is 13.2. The van der Waals surface area contributed by atoms with Gasteiger partial charge in [-0.1, -0.05) is 24.3 Å². The molecule has 0 spiro atoms. The number of benzene rings is 2. The van der Waals surface area contributed by atoms with Gasteiger partial charge in [-0.15, -0.1) is 0 Å². The van der Waals surface area contributed by atoms with Gasteiger partial charge in [-0.2, -0.15) is 0 Å². The van der Waals surface area contributed by atoms with Crippen molar-refractivity contribution in [2.24, 2.45) is 0 Å². The standard InChI is InChI=1S/C18H15FN2O2S/c1-12-11-20-17(14-4-3-5-15(19)10-14)18(21-12)13-6-8-16(9-7-13)24(2,22)23/h3-11H,1-2H3. The molecule has 0 N–H and O–H groups in total. The topological polar surface area (TPSA) is 59.9 Å². The van der Waals surface area contributed by atoms with Crippen LogP contribution >= 0.6 is 0 Å². The van der Waals surface area contributed by atoms with Gasteiger partial charge in [-0.05, 0) is 31.2 Å². The van der Waals surface area contributed by atoms with Crippen LogP contribution in [0.4, 0.5) is 4.39 Å². The molecule has 0 fully saturated rings. The van der Waals surface area contributed by atoms with Crippen molar-refractivity contribution in [3.8, 4) is 22.5 Å². The summed E-state index contributed by atoms with van der Waals surface area (Å²) in [6, 6.07) is 12.6. The third kappa shape index (κ3) is 3.33. The summed E-state index contributed by atoms with van der Waals surface area (Å²) < 4.78 is 36.7. The summed E-state index contributed by atoms with van der Waals surface area (Å²) in [6.45, 7) is 1.82. The van der Waals surface area contributed by atoms with Gasteiger partial charge >= 0.3 is 0 Å². The molecule has 0 bridgehead atoms. The molecule has 24 heavy (non-hydrogen) atoms. The molecule has 3 aromatic rings. The highest BCUT2D eigenvalue weighted by atomic mass is 32.2. The molecule has 6 heteroatoms. The van der Waals surface area contributed by atoms with E-state index in [4.69, 9.17) is 0 Å². The van der Waals surface area contributed by atoms with Crippen molar-refractivity contribution < 1.29 is 12.8 Å². The van der Waals surface area contributed by atoms with E-state index >= 15 is 0 Å². The lowest BCUT2D eigenvalue weighted by molar-refractivity contribution is 0.602. The van der Waals surface area contributed by atoms with Crippen molar-refractivity contribution in [1.29, 1.82) is 0 Å². The highest BCUT2D eigenvalue weighted by Gasteiger charge is 2.13. The SMILES string of the molecule is Cc1cnc(-c2cccc(F)c2)c(-c2ccc(S(C)(=O)=O)cc2)n1. The minimum Gasteiger partial charge on any atom is -0.252 e. The maximum absolute atomic E-state index is 13.5. The molecule has 122 valence electrons. The normalized spacial score (nSPS) is 11.5. The van der Waals surface area contributed by atoms with E-state index in [1.165, 1.54) is 24.3 Å². The van der Waals surface area contributed by atoms with Gasteiger partial charge < -0.3 is 0 Å². The zero-order chi connectivity index (χ0) is 17.3. The predicted octanol–water partition coefficient (Wildman–Crippen LogP) is 3.66. The van der Waals surface area contributed by atoms with E-state index in [1.807, 2.05) is 6.92 Å². The Morgan fingerprint density at radius 3 is 2.29 bits per heavy atom. The average Bonchev–Trinajstić information content (AvgIpc) is 2.54. The second kappa shape index (κ2) is 6.13. The Bertz CT molecular complexity index is 1000. The molecule has 0 atom stereocenters. The van der Waals surface area contributed by atoms with E-state index < -0.39 is 9.84 Å². The number of halogens is 1. The smallest absolute Gasteiger partial charge is 0.175 e. The fourth-order valence-corrected chi connectivity index (χ4v) is 3.02. The minimum absolute atomic E-state index is 0.235. The Kier molecular flexibility index (Phi) is 4.15. The number of nitrogens with zero attached hydrogens (tertiary/aromatic N) is 2. The molecule has 0 saturated carbocycles.